The molecule has 1 aliphatic heterocycles. The molecule has 2 aromatic carbocycles. The Morgan fingerprint density at radius 3 is 2.59 bits per heavy atom. The summed E-state index contributed by atoms with van der Waals surface area (Å²) in [5.74, 6) is 0.707. The van der Waals surface area contributed by atoms with Crippen LogP contribution in [-0.4, -0.2) is 23.4 Å². The van der Waals surface area contributed by atoms with Gasteiger partial charge in [-0.2, -0.15) is 0 Å². The maximum absolute atomic E-state index is 12.5. The fraction of sp³-hybridized carbons (Fsp3) is 0.333. The SMILES string of the molecule is Cc1cccc(N2C(=O)CSC2c2ccc(NC(=O)C(C)(C)CCl)cc2)c1. The third-order valence-electron chi connectivity index (χ3n) is 4.55. The van der Waals surface area contributed by atoms with Crippen molar-refractivity contribution in [2.45, 2.75) is 26.1 Å². The molecule has 6 heteroatoms. The molecular weight excluding hydrogens is 380 g/mol. The lowest BCUT2D eigenvalue weighted by atomic mass is 9.95. The summed E-state index contributed by atoms with van der Waals surface area (Å²) in [5.41, 5.74) is 3.16. The summed E-state index contributed by atoms with van der Waals surface area (Å²) in [6.45, 7) is 5.64. The first-order chi connectivity index (χ1) is 12.8. The van der Waals surface area contributed by atoms with Crippen LogP contribution in [0.4, 0.5) is 11.4 Å². The molecule has 142 valence electrons. The quantitative estimate of drug-likeness (QED) is 0.717. The number of hydrogen-bond donors (Lipinski definition) is 1. The molecule has 2 amide bonds. The van der Waals surface area contributed by atoms with Gasteiger partial charge in [0.2, 0.25) is 11.8 Å². The van der Waals surface area contributed by atoms with Crippen LogP contribution in [-0.2, 0) is 9.59 Å². The zero-order valence-electron chi connectivity index (χ0n) is 15.7. The van der Waals surface area contributed by atoms with Crippen molar-refractivity contribution in [3.05, 3.63) is 59.7 Å². The number of thioether (sulfide) groups is 1. The normalized spacial score (nSPS) is 17.3. The molecule has 27 heavy (non-hydrogen) atoms. The molecule has 1 heterocycles. The first-order valence-electron chi connectivity index (χ1n) is 8.79. The fourth-order valence-corrected chi connectivity index (χ4v) is 4.12. The first-order valence-corrected chi connectivity index (χ1v) is 10.4. The summed E-state index contributed by atoms with van der Waals surface area (Å²) < 4.78 is 0. The van der Waals surface area contributed by atoms with E-state index in [2.05, 4.69) is 5.32 Å². The lowest BCUT2D eigenvalue weighted by Crippen LogP contribution is -2.32. The van der Waals surface area contributed by atoms with E-state index in [1.54, 1.807) is 11.8 Å². The molecule has 4 nitrogen and oxygen atoms in total. The fourth-order valence-electron chi connectivity index (χ4n) is 2.82. The molecule has 3 rings (SSSR count). The average molecular weight is 403 g/mol. The molecule has 0 spiro atoms. The Labute approximate surface area is 169 Å². The van der Waals surface area contributed by atoms with Gasteiger partial charge in [0.1, 0.15) is 5.37 Å². The van der Waals surface area contributed by atoms with Gasteiger partial charge in [-0.25, -0.2) is 0 Å². The second kappa shape index (κ2) is 7.95. The molecule has 1 atom stereocenters. The summed E-state index contributed by atoms with van der Waals surface area (Å²) in [5, 5.41) is 2.83. The molecule has 1 aliphatic rings. The zero-order chi connectivity index (χ0) is 19.6. The number of aryl methyl sites for hydroxylation is 1. The summed E-state index contributed by atoms with van der Waals surface area (Å²) in [6, 6.07) is 15.6. The standard InChI is InChI=1S/C21H23ClN2O2S/c1-14-5-4-6-17(11-14)24-18(25)12-27-19(24)15-7-9-16(10-8-15)23-20(26)21(2,3)13-22/h4-11,19H,12-13H2,1-3H3,(H,23,26). The zero-order valence-corrected chi connectivity index (χ0v) is 17.2. The van der Waals surface area contributed by atoms with Crippen LogP contribution in [0.3, 0.4) is 0 Å². The maximum atomic E-state index is 12.5. The largest absolute Gasteiger partial charge is 0.326 e. The van der Waals surface area contributed by atoms with Crippen molar-refractivity contribution >= 4 is 46.6 Å². The molecule has 1 fully saturated rings. The van der Waals surface area contributed by atoms with Crippen LogP contribution in [0.5, 0.6) is 0 Å². The number of halogens is 1. The highest BCUT2D eigenvalue weighted by Crippen LogP contribution is 2.42. The summed E-state index contributed by atoms with van der Waals surface area (Å²) >= 11 is 7.48. The summed E-state index contributed by atoms with van der Waals surface area (Å²) in [7, 11) is 0. The van der Waals surface area contributed by atoms with Gasteiger partial charge in [0, 0.05) is 17.3 Å². The van der Waals surface area contributed by atoms with E-state index in [-0.39, 0.29) is 23.1 Å². The van der Waals surface area contributed by atoms with E-state index in [1.165, 1.54) is 0 Å². The molecule has 1 saturated heterocycles. The van der Waals surface area contributed by atoms with Crippen LogP contribution < -0.4 is 10.2 Å². The monoisotopic (exact) mass is 402 g/mol. The predicted octanol–water partition coefficient (Wildman–Crippen LogP) is 4.98. The smallest absolute Gasteiger partial charge is 0.238 e. The Hall–Kier alpha value is -1.98. The number of carbonyl (C=O) groups is 2. The number of alkyl halides is 1. The predicted molar refractivity (Wildman–Crippen MR) is 113 cm³/mol. The number of anilines is 2. The number of benzene rings is 2. The van der Waals surface area contributed by atoms with Crippen LogP contribution >= 0.6 is 23.4 Å². The minimum atomic E-state index is -0.629. The molecule has 1 unspecified atom stereocenters. The highest BCUT2D eigenvalue weighted by Gasteiger charge is 2.34. The Morgan fingerprint density at radius 2 is 1.96 bits per heavy atom. The van der Waals surface area contributed by atoms with Gasteiger partial charge in [-0.15, -0.1) is 23.4 Å². The Bertz CT molecular complexity index is 852. The van der Waals surface area contributed by atoms with Gasteiger partial charge in [-0.05, 0) is 56.2 Å². The second-order valence-corrected chi connectivity index (χ2v) is 8.70. The Balaban J connectivity index is 1.80. The van der Waals surface area contributed by atoms with Crippen molar-refractivity contribution < 1.29 is 9.59 Å². The van der Waals surface area contributed by atoms with E-state index in [4.69, 9.17) is 11.6 Å². The van der Waals surface area contributed by atoms with E-state index in [9.17, 15) is 9.59 Å². The van der Waals surface area contributed by atoms with Crippen molar-refractivity contribution in [1.29, 1.82) is 0 Å². The van der Waals surface area contributed by atoms with Crippen LogP contribution in [0.2, 0.25) is 0 Å². The van der Waals surface area contributed by atoms with E-state index in [0.29, 0.717) is 5.75 Å². The molecule has 0 radical (unpaired) electrons. The molecule has 0 aromatic heterocycles. The van der Waals surface area contributed by atoms with Gasteiger partial charge in [-0.3, -0.25) is 14.5 Å². The van der Waals surface area contributed by atoms with Crippen molar-refractivity contribution in [3.8, 4) is 0 Å². The van der Waals surface area contributed by atoms with Gasteiger partial charge in [-0.1, -0.05) is 24.3 Å². The van der Waals surface area contributed by atoms with Gasteiger partial charge in [0.25, 0.3) is 0 Å². The summed E-state index contributed by atoms with van der Waals surface area (Å²) in [6.07, 6.45) is 0. The summed E-state index contributed by atoms with van der Waals surface area (Å²) in [4.78, 5) is 26.6. The van der Waals surface area contributed by atoms with Crippen molar-refractivity contribution in [3.63, 3.8) is 0 Å². The Kier molecular flexibility index (Phi) is 5.82. The first kappa shape index (κ1) is 19.8. The van der Waals surface area contributed by atoms with Gasteiger partial charge >= 0.3 is 0 Å². The molecular formula is C21H23ClN2O2S. The lowest BCUT2D eigenvalue weighted by Gasteiger charge is -2.25. The molecule has 0 bridgehead atoms. The van der Waals surface area contributed by atoms with Crippen LogP contribution in [0.15, 0.2) is 48.5 Å². The van der Waals surface area contributed by atoms with Gasteiger partial charge < -0.3 is 5.32 Å². The van der Waals surface area contributed by atoms with Crippen molar-refractivity contribution in [1.82, 2.24) is 0 Å². The number of hydrogen-bond acceptors (Lipinski definition) is 3. The number of nitrogens with one attached hydrogen (secondary N) is 1. The van der Waals surface area contributed by atoms with E-state index >= 15 is 0 Å². The third kappa shape index (κ3) is 4.30. The van der Waals surface area contributed by atoms with E-state index in [0.717, 1.165) is 22.5 Å². The third-order valence-corrected chi connectivity index (χ3v) is 6.43. The minimum absolute atomic E-state index is 0.0664. The van der Waals surface area contributed by atoms with Crippen LogP contribution in [0.1, 0.15) is 30.3 Å². The second-order valence-electron chi connectivity index (χ2n) is 7.36. The number of nitrogens with zero attached hydrogens (tertiary/aromatic N) is 1. The van der Waals surface area contributed by atoms with E-state index in [1.807, 2.05) is 74.2 Å². The molecule has 2 aromatic rings. The topological polar surface area (TPSA) is 49.4 Å². The van der Waals surface area contributed by atoms with Crippen LogP contribution in [0, 0.1) is 12.3 Å². The number of amides is 2. The van der Waals surface area contributed by atoms with E-state index < -0.39 is 5.41 Å². The highest BCUT2D eigenvalue weighted by atomic mass is 35.5. The molecule has 1 N–H and O–H groups in total. The molecule has 0 saturated carbocycles. The van der Waals surface area contributed by atoms with Crippen LogP contribution in [0.25, 0.3) is 0 Å². The minimum Gasteiger partial charge on any atom is -0.326 e. The number of rotatable bonds is 5. The van der Waals surface area contributed by atoms with Gasteiger partial charge in [0.15, 0.2) is 0 Å². The van der Waals surface area contributed by atoms with Gasteiger partial charge in [0.05, 0.1) is 11.2 Å². The maximum Gasteiger partial charge on any atom is 0.238 e. The lowest BCUT2D eigenvalue weighted by molar-refractivity contribution is -0.123. The highest BCUT2D eigenvalue weighted by molar-refractivity contribution is 8.00. The van der Waals surface area contributed by atoms with Crippen molar-refractivity contribution in [2.24, 2.45) is 5.41 Å². The number of carbonyl (C=O) groups excluding carboxylic acids is 2. The Morgan fingerprint density at radius 1 is 1.26 bits per heavy atom. The van der Waals surface area contributed by atoms with Crippen molar-refractivity contribution in [2.75, 3.05) is 21.8 Å². The molecule has 0 aliphatic carbocycles. The average Bonchev–Trinajstić information content (AvgIpc) is 3.03.